The first-order valence-electron chi connectivity index (χ1n) is 13.4. The highest BCUT2D eigenvalue weighted by atomic mass is 32.2. The standard InChI is InChI=1S/C28H35N5O7S/c1-17(2)15-30-41(37,38)25-14-21(33(35)36)11-12-24(25)40-28-20(5)26(27(34)29-16-22-9-7-13-39-22)31-32(28)23-10-6-8-18(3)19(23)4/h6,8,10-12,14,17,22,30H,7,9,13,15-16H2,1-5H3,(H,29,34). The molecule has 2 N–H and O–H groups in total. The Balaban J connectivity index is 1.81. The van der Waals surface area contributed by atoms with Gasteiger partial charge in [-0.2, -0.15) is 9.78 Å². The molecule has 1 aliphatic rings. The Morgan fingerprint density at radius 2 is 1.98 bits per heavy atom. The number of ether oxygens (including phenoxy) is 2. The normalized spacial score (nSPS) is 15.3. The van der Waals surface area contributed by atoms with Gasteiger partial charge >= 0.3 is 0 Å². The summed E-state index contributed by atoms with van der Waals surface area (Å²) in [4.78, 5) is 23.7. The highest BCUT2D eigenvalue weighted by Gasteiger charge is 2.29. The zero-order chi connectivity index (χ0) is 29.9. The zero-order valence-corrected chi connectivity index (χ0v) is 24.6. The second kappa shape index (κ2) is 12.4. The average molecular weight is 586 g/mol. The van der Waals surface area contributed by atoms with E-state index >= 15 is 0 Å². The molecule has 3 aromatic rings. The number of rotatable bonds is 11. The van der Waals surface area contributed by atoms with Crippen LogP contribution in [0.1, 0.15) is 53.9 Å². The van der Waals surface area contributed by atoms with Crippen molar-refractivity contribution in [2.75, 3.05) is 19.7 Å². The third-order valence-corrected chi connectivity index (χ3v) is 8.36. The van der Waals surface area contributed by atoms with Crippen molar-refractivity contribution in [3.05, 3.63) is 68.9 Å². The molecule has 0 saturated carbocycles. The van der Waals surface area contributed by atoms with Crippen molar-refractivity contribution < 1.29 is 27.6 Å². The van der Waals surface area contributed by atoms with Crippen molar-refractivity contribution in [2.24, 2.45) is 5.92 Å². The summed E-state index contributed by atoms with van der Waals surface area (Å²) in [7, 11) is -4.20. The van der Waals surface area contributed by atoms with Crippen molar-refractivity contribution in [1.82, 2.24) is 19.8 Å². The van der Waals surface area contributed by atoms with Crippen molar-refractivity contribution in [1.29, 1.82) is 0 Å². The van der Waals surface area contributed by atoms with Crippen LogP contribution in [0.25, 0.3) is 5.69 Å². The maximum atomic E-state index is 13.3. The quantitative estimate of drug-likeness (QED) is 0.249. The fourth-order valence-electron chi connectivity index (χ4n) is 4.40. The number of sulfonamides is 1. The van der Waals surface area contributed by atoms with E-state index in [0.717, 1.165) is 30.0 Å². The number of carbonyl (C=O) groups excluding carboxylic acids is 1. The van der Waals surface area contributed by atoms with Gasteiger partial charge in [0.1, 0.15) is 10.6 Å². The SMILES string of the molecule is Cc1cccc(-n2nc(C(=O)NCC3CCCO3)c(C)c2Oc2ccc([N+](=O)[O-])cc2S(=O)(=O)NCC(C)C)c1C. The highest BCUT2D eigenvalue weighted by Crippen LogP contribution is 2.36. The third-order valence-electron chi connectivity index (χ3n) is 6.92. The number of nitrogens with zero attached hydrogens (tertiary/aromatic N) is 3. The second-order valence-electron chi connectivity index (χ2n) is 10.5. The van der Waals surface area contributed by atoms with Crippen LogP contribution in [0.4, 0.5) is 5.69 Å². The highest BCUT2D eigenvalue weighted by molar-refractivity contribution is 7.89. The van der Waals surface area contributed by atoms with E-state index in [4.69, 9.17) is 9.47 Å². The molecule has 1 aromatic heterocycles. The van der Waals surface area contributed by atoms with Crippen LogP contribution >= 0.6 is 0 Å². The maximum absolute atomic E-state index is 13.3. The van der Waals surface area contributed by atoms with E-state index in [9.17, 15) is 23.3 Å². The summed E-state index contributed by atoms with van der Waals surface area (Å²) in [6.07, 6.45) is 1.72. The lowest BCUT2D eigenvalue weighted by atomic mass is 10.1. The Morgan fingerprint density at radius 1 is 1.22 bits per heavy atom. The molecule has 1 fully saturated rings. The summed E-state index contributed by atoms with van der Waals surface area (Å²) in [5, 5.41) is 19.0. The molecule has 0 aliphatic carbocycles. The molecule has 1 saturated heterocycles. The topological polar surface area (TPSA) is 155 Å². The van der Waals surface area contributed by atoms with Gasteiger partial charge in [0.25, 0.3) is 11.6 Å². The average Bonchev–Trinajstić information content (AvgIpc) is 3.56. The van der Waals surface area contributed by atoms with Gasteiger partial charge in [0.2, 0.25) is 15.9 Å². The van der Waals surface area contributed by atoms with Crippen LogP contribution in [0.15, 0.2) is 41.3 Å². The van der Waals surface area contributed by atoms with Gasteiger partial charge in [-0.3, -0.25) is 14.9 Å². The molecule has 0 spiro atoms. The van der Waals surface area contributed by atoms with Gasteiger partial charge in [-0.05, 0) is 62.8 Å². The molecule has 220 valence electrons. The Bertz CT molecular complexity index is 1560. The smallest absolute Gasteiger partial charge is 0.272 e. The zero-order valence-electron chi connectivity index (χ0n) is 23.8. The monoisotopic (exact) mass is 585 g/mol. The number of aromatic nitrogens is 2. The van der Waals surface area contributed by atoms with E-state index in [-0.39, 0.29) is 35.9 Å². The number of hydrogen-bond donors (Lipinski definition) is 2. The van der Waals surface area contributed by atoms with Gasteiger partial charge in [-0.1, -0.05) is 26.0 Å². The van der Waals surface area contributed by atoms with Gasteiger partial charge in [0, 0.05) is 37.4 Å². The molecule has 4 rings (SSSR count). The number of non-ortho nitro benzene ring substituents is 1. The number of nitrogens with one attached hydrogen (secondary N) is 2. The molecule has 41 heavy (non-hydrogen) atoms. The predicted molar refractivity (Wildman–Crippen MR) is 152 cm³/mol. The molecule has 1 unspecified atom stereocenters. The van der Waals surface area contributed by atoms with Gasteiger partial charge in [0.05, 0.1) is 16.7 Å². The number of nitro groups is 1. The number of carbonyl (C=O) groups is 1. The summed E-state index contributed by atoms with van der Waals surface area (Å²) >= 11 is 0. The third kappa shape index (κ3) is 6.75. The Morgan fingerprint density at radius 3 is 2.63 bits per heavy atom. The van der Waals surface area contributed by atoms with Crippen LogP contribution in [0.5, 0.6) is 11.6 Å². The van der Waals surface area contributed by atoms with Gasteiger partial charge in [-0.15, -0.1) is 0 Å². The lowest BCUT2D eigenvalue weighted by molar-refractivity contribution is -0.385. The minimum absolute atomic E-state index is 0.00323. The summed E-state index contributed by atoms with van der Waals surface area (Å²) < 4.78 is 42.3. The van der Waals surface area contributed by atoms with Crippen LogP contribution in [-0.2, 0) is 14.8 Å². The predicted octanol–water partition coefficient (Wildman–Crippen LogP) is 4.34. The molecule has 1 aliphatic heterocycles. The number of amides is 1. The van der Waals surface area contributed by atoms with Crippen LogP contribution < -0.4 is 14.8 Å². The van der Waals surface area contributed by atoms with E-state index in [0.29, 0.717) is 24.4 Å². The fourth-order valence-corrected chi connectivity index (χ4v) is 5.76. The molecule has 0 radical (unpaired) electrons. The van der Waals surface area contributed by atoms with Gasteiger partial charge in [0.15, 0.2) is 5.69 Å². The van der Waals surface area contributed by atoms with Gasteiger partial charge < -0.3 is 14.8 Å². The van der Waals surface area contributed by atoms with Crippen LogP contribution in [-0.4, -0.2) is 54.8 Å². The minimum atomic E-state index is -4.20. The first-order chi connectivity index (χ1) is 19.4. The first kappa shape index (κ1) is 30.2. The van der Waals surface area contributed by atoms with Crippen LogP contribution in [0.2, 0.25) is 0 Å². The lowest BCUT2D eigenvalue weighted by Crippen LogP contribution is -2.32. The van der Waals surface area contributed by atoms with E-state index < -0.39 is 31.4 Å². The second-order valence-corrected chi connectivity index (χ2v) is 12.2. The Labute approximate surface area is 239 Å². The Kier molecular flexibility index (Phi) is 9.10. The summed E-state index contributed by atoms with van der Waals surface area (Å²) in [6, 6.07) is 8.95. The first-order valence-corrected chi connectivity index (χ1v) is 14.9. The van der Waals surface area contributed by atoms with Crippen molar-refractivity contribution >= 4 is 21.6 Å². The summed E-state index contributed by atoms with van der Waals surface area (Å²) in [5.41, 5.74) is 2.54. The number of benzene rings is 2. The fraction of sp³-hybridized carbons (Fsp3) is 0.429. The lowest BCUT2D eigenvalue weighted by Gasteiger charge is -2.16. The minimum Gasteiger partial charge on any atom is -0.437 e. The van der Waals surface area contributed by atoms with Crippen LogP contribution in [0.3, 0.4) is 0 Å². The Hall–Kier alpha value is -3.81. The molecule has 1 amide bonds. The molecular formula is C28H35N5O7S. The van der Waals surface area contributed by atoms with E-state index in [2.05, 4.69) is 15.1 Å². The molecule has 1 atom stereocenters. The number of nitro benzene ring substituents is 1. The van der Waals surface area contributed by atoms with E-state index in [1.807, 2.05) is 45.9 Å². The largest absolute Gasteiger partial charge is 0.437 e. The van der Waals surface area contributed by atoms with Crippen LogP contribution in [0, 0.1) is 36.8 Å². The van der Waals surface area contributed by atoms with E-state index in [1.165, 1.54) is 16.8 Å². The van der Waals surface area contributed by atoms with Crippen molar-refractivity contribution in [2.45, 2.75) is 58.5 Å². The van der Waals surface area contributed by atoms with Gasteiger partial charge in [-0.25, -0.2) is 13.1 Å². The number of hydrogen-bond acceptors (Lipinski definition) is 8. The molecule has 2 aromatic carbocycles. The molecular weight excluding hydrogens is 550 g/mol. The van der Waals surface area contributed by atoms with Crippen molar-refractivity contribution in [3.63, 3.8) is 0 Å². The van der Waals surface area contributed by atoms with Crippen molar-refractivity contribution in [3.8, 4) is 17.3 Å². The molecule has 12 nitrogen and oxygen atoms in total. The summed E-state index contributed by atoms with van der Waals surface area (Å²) in [5.74, 6) is -0.471. The summed E-state index contributed by atoms with van der Waals surface area (Å²) in [6.45, 7) is 10.3. The molecule has 2 heterocycles. The van der Waals surface area contributed by atoms with E-state index in [1.54, 1.807) is 6.92 Å². The molecule has 13 heteroatoms. The maximum Gasteiger partial charge on any atom is 0.272 e. The number of aryl methyl sites for hydroxylation is 1. The molecule has 0 bridgehead atoms.